The van der Waals surface area contributed by atoms with Gasteiger partial charge in [0, 0.05) is 0 Å². The number of hydrogen-bond donors (Lipinski definition) is 1. The number of nitrogens with one attached hydrogen (secondary N) is 1. The first-order chi connectivity index (χ1) is 6.50. The number of H-pyrrole nitrogens is 1. The Balaban J connectivity index is 2.74. The fourth-order valence-corrected chi connectivity index (χ4v) is 1.35. The zero-order valence-electron chi connectivity index (χ0n) is 7.18. The van der Waals surface area contributed by atoms with Gasteiger partial charge in [-0.25, -0.2) is 0 Å². The molecule has 0 fully saturated rings. The lowest BCUT2D eigenvalue weighted by Gasteiger charge is -2.09. The number of nitrogens with zero attached hydrogens (tertiary/aromatic N) is 2. The van der Waals surface area contributed by atoms with Gasteiger partial charge in [-0.2, -0.15) is 28.6 Å². The Morgan fingerprint density at radius 2 is 1.93 bits per heavy atom. The van der Waals surface area contributed by atoms with Gasteiger partial charge >= 0.3 is 6.18 Å². The van der Waals surface area contributed by atoms with E-state index in [1.54, 1.807) is 0 Å². The normalized spacial score (nSPS) is 12.3. The second-order valence-corrected chi connectivity index (χ2v) is 2.93. The molecular weight excluding hydrogens is 195 g/mol. The van der Waals surface area contributed by atoms with Gasteiger partial charge in [0.15, 0.2) is 0 Å². The number of aromatic nitrogens is 3. The highest BCUT2D eigenvalue weighted by Gasteiger charge is 2.33. The molecule has 0 aliphatic heterocycles. The van der Waals surface area contributed by atoms with Crippen molar-refractivity contribution in [1.29, 1.82) is 0 Å². The Kier molecular flexibility index (Phi) is 1.73. The van der Waals surface area contributed by atoms with E-state index in [-0.39, 0.29) is 11.1 Å². The summed E-state index contributed by atoms with van der Waals surface area (Å²) in [5.41, 5.74) is 0.137. The first-order valence-corrected chi connectivity index (χ1v) is 3.87. The number of aromatic amines is 1. The molecule has 14 heavy (non-hydrogen) atoms. The topological polar surface area (TPSA) is 41.6 Å². The molecule has 3 nitrogen and oxygen atoms in total. The molecule has 0 saturated carbocycles. The maximum absolute atomic E-state index is 12.4. The van der Waals surface area contributed by atoms with E-state index in [0.29, 0.717) is 5.52 Å². The fourth-order valence-electron chi connectivity index (χ4n) is 1.35. The van der Waals surface area contributed by atoms with Crippen molar-refractivity contribution >= 4 is 11.0 Å². The minimum Gasteiger partial charge on any atom is -0.197 e. The van der Waals surface area contributed by atoms with Gasteiger partial charge in [0.1, 0.15) is 11.0 Å². The van der Waals surface area contributed by atoms with Crippen LogP contribution in [0.1, 0.15) is 11.1 Å². The Labute approximate surface area is 76.9 Å². The molecule has 2 aromatic rings. The maximum atomic E-state index is 12.4. The molecule has 0 bridgehead atoms. The third-order valence-corrected chi connectivity index (χ3v) is 2.05. The zero-order valence-corrected chi connectivity index (χ0v) is 7.18. The van der Waals surface area contributed by atoms with E-state index in [9.17, 15) is 13.2 Å². The van der Waals surface area contributed by atoms with Crippen LogP contribution in [0, 0.1) is 6.92 Å². The fraction of sp³-hybridized carbons (Fsp3) is 0.250. The van der Waals surface area contributed by atoms with E-state index in [0.717, 1.165) is 6.07 Å². The molecule has 0 atom stereocenters. The molecule has 6 heteroatoms. The molecule has 2 rings (SSSR count). The van der Waals surface area contributed by atoms with Crippen molar-refractivity contribution < 1.29 is 13.2 Å². The summed E-state index contributed by atoms with van der Waals surface area (Å²) in [7, 11) is 0. The van der Waals surface area contributed by atoms with Crippen molar-refractivity contribution in [3.8, 4) is 0 Å². The standard InChI is InChI=1S/C8H6F3N3/c1-4-5(8(9,10)11)2-3-6-7(4)13-14-12-6/h2-3H,1H3,(H,12,13,14). The molecule has 0 unspecified atom stereocenters. The van der Waals surface area contributed by atoms with Crippen LogP contribution in [-0.2, 0) is 6.18 Å². The number of benzene rings is 1. The minimum absolute atomic E-state index is 0.101. The lowest BCUT2D eigenvalue weighted by atomic mass is 10.1. The second kappa shape index (κ2) is 2.70. The van der Waals surface area contributed by atoms with Crippen molar-refractivity contribution in [2.24, 2.45) is 0 Å². The van der Waals surface area contributed by atoms with Gasteiger partial charge in [0.2, 0.25) is 0 Å². The number of alkyl halides is 3. The molecule has 0 radical (unpaired) electrons. The van der Waals surface area contributed by atoms with Crippen molar-refractivity contribution in [2.45, 2.75) is 13.1 Å². The summed E-state index contributed by atoms with van der Waals surface area (Å²) in [6, 6.07) is 2.31. The van der Waals surface area contributed by atoms with Gasteiger partial charge < -0.3 is 0 Å². The van der Waals surface area contributed by atoms with Crippen LogP contribution in [0.4, 0.5) is 13.2 Å². The molecule has 1 N–H and O–H groups in total. The summed E-state index contributed by atoms with van der Waals surface area (Å²) in [4.78, 5) is 0. The summed E-state index contributed by atoms with van der Waals surface area (Å²) >= 11 is 0. The molecule has 0 spiro atoms. The van der Waals surface area contributed by atoms with Gasteiger partial charge in [-0.3, -0.25) is 0 Å². The zero-order chi connectivity index (χ0) is 10.3. The van der Waals surface area contributed by atoms with E-state index in [2.05, 4.69) is 15.4 Å². The summed E-state index contributed by atoms with van der Waals surface area (Å²) in [6.45, 7) is 1.38. The van der Waals surface area contributed by atoms with Gasteiger partial charge in [-0.15, -0.1) is 0 Å². The number of aryl methyl sites for hydroxylation is 1. The summed E-state index contributed by atoms with van der Waals surface area (Å²) in [6.07, 6.45) is -4.34. The molecule has 0 aliphatic rings. The highest BCUT2D eigenvalue weighted by Crippen LogP contribution is 2.33. The third-order valence-electron chi connectivity index (χ3n) is 2.05. The van der Waals surface area contributed by atoms with Crippen LogP contribution in [0.2, 0.25) is 0 Å². The predicted octanol–water partition coefficient (Wildman–Crippen LogP) is 2.29. The molecule has 1 aromatic heterocycles. The van der Waals surface area contributed by atoms with Crippen molar-refractivity contribution in [3.05, 3.63) is 23.3 Å². The molecule has 0 aliphatic carbocycles. The van der Waals surface area contributed by atoms with Crippen LogP contribution in [0.15, 0.2) is 12.1 Å². The first-order valence-electron chi connectivity index (χ1n) is 3.87. The average molecular weight is 201 g/mol. The molecular formula is C8H6F3N3. The Hall–Kier alpha value is -1.59. The highest BCUT2D eigenvalue weighted by atomic mass is 19.4. The van der Waals surface area contributed by atoms with E-state index in [4.69, 9.17) is 0 Å². The SMILES string of the molecule is Cc1c(C(F)(F)F)ccc2n[nH]nc12. The Bertz CT molecular complexity index is 472. The maximum Gasteiger partial charge on any atom is 0.416 e. The van der Waals surface area contributed by atoms with Crippen LogP contribution < -0.4 is 0 Å². The van der Waals surface area contributed by atoms with Crippen LogP contribution in [-0.4, -0.2) is 15.4 Å². The molecule has 1 heterocycles. The summed E-state index contributed by atoms with van der Waals surface area (Å²) in [5, 5.41) is 9.65. The Morgan fingerprint density at radius 1 is 1.21 bits per heavy atom. The lowest BCUT2D eigenvalue weighted by molar-refractivity contribution is -0.137. The van der Waals surface area contributed by atoms with Crippen molar-refractivity contribution in [3.63, 3.8) is 0 Å². The van der Waals surface area contributed by atoms with Gasteiger partial charge in [-0.05, 0) is 24.6 Å². The van der Waals surface area contributed by atoms with Gasteiger partial charge in [0.05, 0.1) is 5.56 Å². The predicted molar refractivity (Wildman–Crippen MR) is 43.6 cm³/mol. The number of rotatable bonds is 0. The van der Waals surface area contributed by atoms with E-state index in [1.165, 1.54) is 13.0 Å². The quantitative estimate of drug-likeness (QED) is 0.710. The lowest BCUT2D eigenvalue weighted by Crippen LogP contribution is -2.07. The number of hydrogen-bond acceptors (Lipinski definition) is 2. The Morgan fingerprint density at radius 3 is 2.57 bits per heavy atom. The van der Waals surface area contributed by atoms with E-state index < -0.39 is 11.7 Å². The van der Waals surface area contributed by atoms with Crippen LogP contribution in [0.5, 0.6) is 0 Å². The van der Waals surface area contributed by atoms with E-state index >= 15 is 0 Å². The minimum atomic E-state index is -4.34. The highest BCUT2D eigenvalue weighted by molar-refractivity contribution is 5.78. The van der Waals surface area contributed by atoms with E-state index in [1.807, 2.05) is 0 Å². The second-order valence-electron chi connectivity index (χ2n) is 2.93. The molecule has 0 saturated heterocycles. The smallest absolute Gasteiger partial charge is 0.197 e. The van der Waals surface area contributed by atoms with Gasteiger partial charge in [-0.1, -0.05) is 0 Å². The third kappa shape index (κ3) is 1.23. The molecule has 1 aromatic carbocycles. The monoisotopic (exact) mass is 201 g/mol. The first kappa shape index (κ1) is 8.98. The van der Waals surface area contributed by atoms with Crippen LogP contribution in [0.3, 0.4) is 0 Å². The van der Waals surface area contributed by atoms with Crippen LogP contribution in [0.25, 0.3) is 11.0 Å². The molecule has 0 amide bonds. The largest absolute Gasteiger partial charge is 0.416 e. The van der Waals surface area contributed by atoms with Crippen LogP contribution >= 0.6 is 0 Å². The van der Waals surface area contributed by atoms with Crippen molar-refractivity contribution in [1.82, 2.24) is 15.4 Å². The average Bonchev–Trinajstić information content (AvgIpc) is 2.50. The molecule has 74 valence electrons. The van der Waals surface area contributed by atoms with Crippen molar-refractivity contribution in [2.75, 3.05) is 0 Å². The summed E-state index contributed by atoms with van der Waals surface area (Å²) in [5.74, 6) is 0. The van der Waals surface area contributed by atoms with Gasteiger partial charge in [0.25, 0.3) is 0 Å². The number of halogens is 3. The number of fused-ring (bicyclic) bond motifs is 1. The summed E-state index contributed by atoms with van der Waals surface area (Å²) < 4.78 is 37.3.